The number of nitrogens with zero attached hydrogens (tertiary/aromatic N) is 1. The number of amides is 1. The van der Waals surface area contributed by atoms with E-state index in [0.717, 1.165) is 27.5 Å². The van der Waals surface area contributed by atoms with Gasteiger partial charge in [-0.05, 0) is 43.3 Å². The first-order valence-corrected chi connectivity index (χ1v) is 9.61. The van der Waals surface area contributed by atoms with Gasteiger partial charge in [-0.2, -0.15) is 0 Å². The predicted molar refractivity (Wildman–Crippen MR) is 119 cm³/mol. The summed E-state index contributed by atoms with van der Waals surface area (Å²) < 4.78 is 4.90. The molecule has 0 saturated carbocycles. The third-order valence-electron chi connectivity index (χ3n) is 4.71. The maximum atomic E-state index is 11.7. The standard InChI is InChI=1S/C23H22N4O3/c1-2-30-23(29)25-16-7-5-6-14(12-16)22(28)27-21-17-8-3-4-9-19(17)26-20-13-15(24)10-11-18(20)21/h3-13,22,28H,2,24H2,1H3,(H,25,29)(H,26,27). The zero-order chi connectivity index (χ0) is 21.1. The van der Waals surface area contributed by atoms with E-state index in [1.54, 1.807) is 37.3 Å². The van der Waals surface area contributed by atoms with Crippen LogP contribution in [0.2, 0.25) is 0 Å². The van der Waals surface area contributed by atoms with Gasteiger partial charge in [0.05, 0.1) is 23.3 Å². The number of nitrogens with one attached hydrogen (secondary N) is 2. The summed E-state index contributed by atoms with van der Waals surface area (Å²) in [6.07, 6.45) is -1.55. The molecule has 4 rings (SSSR count). The molecule has 152 valence electrons. The molecule has 4 aromatic rings. The number of anilines is 3. The van der Waals surface area contributed by atoms with E-state index < -0.39 is 12.3 Å². The average molecular weight is 402 g/mol. The van der Waals surface area contributed by atoms with Crippen LogP contribution in [0.4, 0.5) is 21.9 Å². The summed E-state index contributed by atoms with van der Waals surface area (Å²) in [7, 11) is 0. The molecule has 0 bridgehead atoms. The molecular formula is C23H22N4O3. The van der Waals surface area contributed by atoms with Crippen molar-refractivity contribution in [3.8, 4) is 0 Å². The lowest BCUT2D eigenvalue weighted by Crippen LogP contribution is -2.14. The molecule has 0 aliphatic carbocycles. The van der Waals surface area contributed by atoms with Crippen LogP contribution in [0.3, 0.4) is 0 Å². The van der Waals surface area contributed by atoms with Crippen molar-refractivity contribution in [1.82, 2.24) is 4.98 Å². The average Bonchev–Trinajstić information content (AvgIpc) is 2.73. The lowest BCUT2D eigenvalue weighted by Gasteiger charge is -2.19. The van der Waals surface area contributed by atoms with E-state index in [0.29, 0.717) is 16.9 Å². The number of para-hydroxylation sites is 1. The molecule has 1 atom stereocenters. The number of pyridine rings is 1. The summed E-state index contributed by atoms with van der Waals surface area (Å²) in [5, 5.41) is 18.5. The Morgan fingerprint density at radius 1 is 1.07 bits per heavy atom. The highest BCUT2D eigenvalue weighted by Crippen LogP contribution is 2.34. The molecule has 7 nitrogen and oxygen atoms in total. The second-order valence-corrected chi connectivity index (χ2v) is 6.80. The normalized spacial score (nSPS) is 11.9. The van der Waals surface area contributed by atoms with Gasteiger partial charge in [-0.25, -0.2) is 9.78 Å². The smallest absolute Gasteiger partial charge is 0.411 e. The Balaban J connectivity index is 1.71. The Bertz CT molecular complexity index is 1230. The van der Waals surface area contributed by atoms with E-state index in [1.807, 2.05) is 36.4 Å². The predicted octanol–water partition coefficient (Wildman–Crippen LogP) is 4.64. The molecule has 1 unspecified atom stereocenters. The van der Waals surface area contributed by atoms with Crippen LogP contribution in [0.15, 0.2) is 66.7 Å². The van der Waals surface area contributed by atoms with E-state index in [2.05, 4.69) is 15.6 Å². The van der Waals surface area contributed by atoms with Crippen molar-refractivity contribution in [2.24, 2.45) is 0 Å². The third-order valence-corrected chi connectivity index (χ3v) is 4.71. The van der Waals surface area contributed by atoms with Gasteiger partial charge in [0.25, 0.3) is 0 Å². The Morgan fingerprint density at radius 2 is 1.87 bits per heavy atom. The summed E-state index contributed by atoms with van der Waals surface area (Å²) in [6.45, 7) is 2.02. The van der Waals surface area contributed by atoms with E-state index in [1.165, 1.54) is 0 Å². The van der Waals surface area contributed by atoms with E-state index in [-0.39, 0.29) is 6.61 Å². The summed E-state index contributed by atoms with van der Waals surface area (Å²) in [5.74, 6) is 0. The number of aliphatic hydroxyl groups is 1. The minimum atomic E-state index is -1.01. The number of aromatic nitrogens is 1. The number of ether oxygens (including phenoxy) is 1. The number of fused-ring (bicyclic) bond motifs is 2. The van der Waals surface area contributed by atoms with Crippen LogP contribution in [-0.2, 0) is 4.74 Å². The van der Waals surface area contributed by atoms with Gasteiger partial charge >= 0.3 is 6.09 Å². The Morgan fingerprint density at radius 3 is 2.70 bits per heavy atom. The number of hydrogen-bond donors (Lipinski definition) is 4. The van der Waals surface area contributed by atoms with Crippen LogP contribution in [-0.4, -0.2) is 22.8 Å². The molecule has 0 saturated heterocycles. The Labute approximate surface area is 173 Å². The van der Waals surface area contributed by atoms with Gasteiger partial charge in [-0.3, -0.25) is 5.32 Å². The summed E-state index contributed by atoms with van der Waals surface area (Å²) >= 11 is 0. The van der Waals surface area contributed by atoms with Crippen molar-refractivity contribution in [2.45, 2.75) is 13.2 Å². The van der Waals surface area contributed by atoms with Gasteiger partial charge in [0.2, 0.25) is 0 Å². The van der Waals surface area contributed by atoms with Gasteiger partial charge < -0.3 is 20.9 Å². The van der Waals surface area contributed by atoms with Gasteiger partial charge in [0.15, 0.2) is 6.23 Å². The molecule has 1 heterocycles. The fraction of sp³-hybridized carbons (Fsp3) is 0.130. The van der Waals surface area contributed by atoms with Crippen molar-refractivity contribution in [2.75, 3.05) is 23.0 Å². The number of hydrogen-bond acceptors (Lipinski definition) is 6. The molecule has 0 aliphatic heterocycles. The lowest BCUT2D eigenvalue weighted by molar-refractivity contribution is 0.168. The molecule has 0 radical (unpaired) electrons. The van der Waals surface area contributed by atoms with Gasteiger partial charge in [-0.15, -0.1) is 0 Å². The highest BCUT2D eigenvalue weighted by atomic mass is 16.5. The Kier molecular flexibility index (Phi) is 5.36. The van der Waals surface area contributed by atoms with Crippen LogP contribution < -0.4 is 16.4 Å². The molecule has 1 amide bonds. The number of nitrogens with two attached hydrogens (primary N) is 1. The number of aliphatic hydroxyl groups excluding tert-OH is 1. The van der Waals surface area contributed by atoms with E-state index >= 15 is 0 Å². The molecule has 5 N–H and O–H groups in total. The number of carbonyl (C=O) groups is 1. The van der Waals surface area contributed by atoms with Crippen LogP contribution in [0.25, 0.3) is 21.8 Å². The minimum Gasteiger partial charge on any atom is -0.450 e. The SMILES string of the molecule is CCOC(=O)Nc1cccc(C(O)Nc2c3ccccc3nc3cc(N)ccc23)c1. The first-order valence-electron chi connectivity index (χ1n) is 9.61. The second kappa shape index (κ2) is 8.26. The van der Waals surface area contributed by atoms with Crippen molar-refractivity contribution < 1.29 is 14.6 Å². The minimum absolute atomic E-state index is 0.280. The number of nitrogen functional groups attached to an aromatic ring is 1. The molecular weight excluding hydrogens is 380 g/mol. The van der Waals surface area contributed by atoms with Gasteiger partial charge in [0.1, 0.15) is 0 Å². The zero-order valence-corrected chi connectivity index (χ0v) is 16.4. The maximum Gasteiger partial charge on any atom is 0.411 e. The maximum absolute atomic E-state index is 11.7. The highest BCUT2D eigenvalue weighted by molar-refractivity contribution is 6.08. The molecule has 30 heavy (non-hydrogen) atoms. The summed E-state index contributed by atoms with van der Waals surface area (Å²) in [4.78, 5) is 16.4. The molecule has 1 aromatic heterocycles. The van der Waals surface area contributed by atoms with E-state index in [4.69, 9.17) is 10.5 Å². The quantitative estimate of drug-likeness (QED) is 0.220. The number of benzene rings is 3. The molecule has 0 spiro atoms. The number of carbonyl (C=O) groups excluding carboxylic acids is 1. The molecule has 0 aliphatic rings. The first kappa shape index (κ1) is 19.5. The van der Waals surface area contributed by atoms with Crippen LogP contribution in [0.5, 0.6) is 0 Å². The molecule has 0 fully saturated rings. The topological polar surface area (TPSA) is 110 Å². The third kappa shape index (κ3) is 3.97. The number of rotatable bonds is 5. The summed E-state index contributed by atoms with van der Waals surface area (Å²) in [5.41, 5.74) is 9.96. The van der Waals surface area contributed by atoms with Crippen LogP contribution >= 0.6 is 0 Å². The Hall–Kier alpha value is -3.84. The second-order valence-electron chi connectivity index (χ2n) is 6.80. The fourth-order valence-electron chi connectivity index (χ4n) is 3.36. The van der Waals surface area contributed by atoms with Crippen molar-refractivity contribution in [1.29, 1.82) is 0 Å². The lowest BCUT2D eigenvalue weighted by atomic mass is 10.1. The van der Waals surface area contributed by atoms with Crippen molar-refractivity contribution in [3.63, 3.8) is 0 Å². The van der Waals surface area contributed by atoms with Crippen molar-refractivity contribution >= 4 is 45.0 Å². The zero-order valence-electron chi connectivity index (χ0n) is 16.4. The molecule has 7 heteroatoms. The van der Waals surface area contributed by atoms with Gasteiger partial charge in [-0.1, -0.05) is 30.3 Å². The molecule has 3 aromatic carbocycles. The van der Waals surface area contributed by atoms with Crippen molar-refractivity contribution in [3.05, 3.63) is 72.3 Å². The van der Waals surface area contributed by atoms with E-state index in [9.17, 15) is 9.90 Å². The summed E-state index contributed by atoms with van der Waals surface area (Å²) in [6, 6.07) is 20.2. The monoisotopic (exact) mass is 402 g/mol. The van der Waals surface area contributed by atoms with Crippen LogP contribution in [0.1, 0.15) is 18.7 Å². The fourth-order valence-corrected chi connectivity index (χ4v) is 3.36. The highest BCUT2D eigenvalue weighted by Gasteiger charge is 2.15. The first-order chi connectivity index (χ1) is 14.5. The van der Waals surface area contributed by atoms with Gasteiger partial charge in [0, 0.05) is 27.7 Å². The van der Waals surface area contributed by atoms with Crippen LogP contribution in [0, 0.1) is 0 Å². The largest absolute Gasteiger partial charge is 0.450 e.